The van der Waals surface area contributed by atoms with Crippen molar-refractivity contribution in [3.63, 3.8) is 0 Å². The predicted octanol–water partition coefficient (Wildman–Crippen LogP) is 4.14. The molecule has 2 aromatic rings. The van der Waals surface area contributed by atoms with Crippen molar-refractivity contribution in [1.82, 2.24) is 10.2 Å². The van der Waals surface area contributed by atoms with E-state index < -0.39 is 35.6 Å². The molecule has 0 spiro atoms. The standard InChI is InChI=1S/C25H33N3O5/c1-16(2)28(21(30)15-26-24(32)33-25(4,5)6)22(18-12-8-10-14-20(18)29)23(31)27-19-13-9-7-11-17(19)3/h7-14,16,22,29H,15H2,1-6H3,(H,26,32)(H,27,31). The minimum Gasteiger partial charge on any atom is -0.508 e. The van der Waals surface area contributed by atoms with Crippen LogP contribution in [0.1, 0.15) is 51.8 Å². The summed E-state index contributed by atoms with van der Waals surface area (Å²) in [5.41, 5.74) is 1.03. The molecule has 0 aliphatic carbocycles. The lowest BCUT2D eigenvalue weighted by molar-refractivity contribution is -0.140. The fourth-order valence-electron chi connectivity index (χ4n) is 3.33. The lowest BCUT2D eigenvalue weighted by Gasteiger charge is -2.35. The third-order valence-electron chi connectivity index (χ3n) is 4.79. The maximum Gasteiger partial charge on any atom is 0.408 e. The Morgan fingerprint density at radius 2 is 1.64 bits per heavy atom. The summed E-state index contributed by atoms with van der Waals surface area (Å²) in [4.78, 5) is 40.1. The smallest absolute Gasteiger partial charge is 0.408 e. The van der Waals surface area contributed by atoms with Gasteiger partial charge in [0.2, 0.25) is 5.91 Å². The molecule has 0 aromatic heterocycles. The maximum atomic E-state index is 13.5. The molecule has 0 bridgehead atoms. The van der Waals surface area contributed by atoms with Crippen LogP contribution in [0.3, 0.4) is 0 Å². The molecule has 0 saturated heterocycles. The van der Waals surface area contributed by atoms with E-state index in [1.54, 1.807) is 65.0 Å². The molecule has 178 valence electrons. The van der Waals surface area contributed by atoms with E-state index in [1.807, 2.05) is 19.1 Å². The number of nitrogens with one attached hydrogen (secondary N) is 2. The largest absolute Gasteiger partial charge is 0.508 e. The van der Waals surface area contributed by atoms with Gasteiger partial charge in [-0.3, -0.25) is 9.59 Å². The number of nitrogens with zero attached hydrogens (tertiary/aromatic N) is 1. The Labute approximate surface area is 194 Å². The number of phenols is 1. The molecule has 0 aliphatic heterocycles. The zero-order chi connectivity index (χ0) is 24.8. The first-order chi connectivity index (χ1) is 15.4. The molecule has 2 aromatic carbocycles. The molecule has 0 saturated carbocycles. The van der Waals surface area contributed by atoms with Crippen LogP contribution in [0.2, 0.25) is 0 Å². The normalized spacial score (nSPS) is 12.1. The molecular formula is C25H33N3O5. The minimum absolute atomic E-state index is 0.110. The van der Waals surface area contributed by atoms with E-state index >= 15 is 0 Å². The van der Waals surface area contributed by atoms with E-state index in [0.29, 0.717) is 5.69 Å². The predicted molar refractivity (Wildman–Crippen MR) is 127 cm³/mol. The van der Waals surface area contributed by atoms with Crippen LogP contribution >= 0.6 is 0 Å². The summed E-state index contributed by atoms with van der Waals surface area (Å²) in [7, 11) is 0. The highest BCUT2D eigenvalue weighted by molar-refractivity contribution is 5.99. The van der Waals surface area contributed by atoms with Crippen LogP contribution < -0.4 is 10.6 Å². The summed E-state index contributed by atoms with van der Waals surface area (Å²) in [6.45, 7) is 10.2. The molecule has 33 heavy (non-hydrogen) atoms. The number of amides is 3. The molecule has 8 heteroatoms. The Bertz CT molecular complexity index is 998. The fourth-order valence-corrected chi connectivity index (χ4v) is 3.33. The van der Waals surface area contributed by atoms with Gasteiger partial charge in [0.05, 0.1) is 0 Å². The van der Waals surface area contributed by atoms with Gasteiger partial charge in [0, 0.05) is 17.3 Å². The summed E-state index contributed by atoms with van der Waals surface area (Å²) in [5, 5.41) is 15.8. The summed E-state index contributed by atoms with van der Waals surface area (Å²) in [6, 6.07) is 12.1. The number of carbonyl (C=O) groups is 3. The number of hydrogen-bond acceptors (Lipinski definition) is 5. The number of aryl methyl sites for hydroxylation is 1. The van der Waals surface area contributed by atoms with Crippen molar-refractivity contribution in [2.75, 3.05) is 11.9 Å². The number of anilines is 1. The Hall–Kier alpha value is -3.55. The van der Waals surface area contributed by atoms with Gasteiger partial charge in [-0.1, -0.05) is 36.4 Å². The maximum absolute atomic E-state index is 13.5. The number of hydrogen-bond donors (Lipinski definition) is 3. The highest BCUT2D eigenvalue weighted by Gasteiger charge is 2.35. The molecule has 3 amide bonds. The second-order valence-electron chi connectivity index (χ2n) is 9.02. The number of aromatic hydroxyl groups is 1. The van der Waals surface area contributed by atoms with Crippen LogP contribution in [0, 0.1) is 6.92 Å². The molecule has 0 radical (unpaired) electrons. The summed E-state index contributed by atoms with van der Waals surface area (Å²) in [6.07, 6.45) is -0.733. The van der Waals surface area contributed by atoms with Crippen molar-refractivity contribution in [2.45, 2.75) is 59.2 Å². The molecular weight excluding hydrogens is 422 g/mol. The van der Waals surface area contributed by atoms with Crippen molar-refractivity contribution in [1.29, 1.82) is 0 Å². The molecule has 0 fully saturated rings. The van der Waals surface area contributed by atoms with Crippen LogP contribution in [-0.4, -0.2) is 46.1 Å². The number of para-hydroxylation sites is 2. The Morgan fingerprint density at radius 1 is 1.03 bits per heavy atom. The van der Waals surface area contributed by atoms with Crippen molar-refractivity contribution in [2.24, 2.45) is 0 Å². The Morgan fingerprint density at radius 3 is 2.21 bits per heavy atom. The number of alkyl carbamates (subject to hydrolysis) is 1. The quantitative estimate of drug-likeness (QED) is 0.581. The zero-order valence-corrected chi connectivity index (χ0v) is 20.0. The lowest BCUT2D eigenvalue weighted by Crippen LogP contribution is -2.49. The van der Waals surface area contributed by atoms with Crippen molar-refractivity contribution >= 4 is 23.6 Å². The van der Waals surface area contributed by atoms with E-state index in [-0.39, 0.29) is 17.9 Å². The van der Waals surface area contributed by atoms with Gasteiger partial charge in [0.1, 0.15) is 23.9 Å². The number of carbonyl (C=O) groups excluding carboxylic acids is 3. The van der Waals surface area contributed by atoms with E-state index in [2.05, 4.69) is 10.6 Å². The molecule has 0 aliphatic rings. The topological polar surface area (TPSA) is 108 Å². The first-order valence-corrected chi connectivity index (χ1v) is 10.8. The van der Waals surface area contributed by atoms with Gasteiger partial charge in [-0.15, -0.1) is 0 Å². The average molecular weight is 456 g/mol. The van der Waals surface area contributed by atoms with Gasteiger partial charge < -0.3 is 25.4 Å². The molecule has 8 nitrogen and oxygen atoms in total. The van der Waals surface area contributed by atoms with Crippen LogP contribution in [-0.2, 0) is 14.3 Å². The molecule has 3 N–H and O–H groups in total. The lowest BCUT2D eigenvalue weighted by atomic mass is 10.0. The van der Waals surface area contributed by atoms with Gasteiger partial charge in [-0.25, -0.2) is 4.79 Å². The summed E-state index contributed by atoms with van der Waals surface area (Å²) in [5.74, 6) is -1.09. The fraction of sp³-hybridized carbons (Fsp3) is 0.400. The minimum atomic E-state index is -1.13. The van der Waals surface area contributed by atoms with E-state index in [4.69, 9.17) is 4.74 Å². The number of benzene rings is 2. The monoisotopic (exact) mass is 455 g/mol. The number of phenolic OH excluding ortho intramolecular Hbond substituents is 1. The van der Waals surface area contributed by atoms with Crippen LogP contribution in [0.4, 0.5) is 10.5 Å². The molecule has 2 rings (SSSR count). The number of rotatable bonds is 7. The van der Waals surface area contributed by atoms with Crippen molar-refractivity contribution < 1.29 is 24.2 Å². The molecule has 0 heterocycles. The van der Waals surface area contributed by atoms with Crippen molar-refractivity contribution in [3.8, 4) is 5.75 Å². The Balaban J connectivity index is 2.36. The third-order valence-corrected chi connectivity index (χ3v) is 4.79. The highest BCUT2D eigenvalue weighted by atomic mass is 16.6. The third kappa shape index (κ3) is 7.24. The van der Waals surface area contributed by atoms with E-state index in [1.165, 1.54) is 11.0 Å². The Kier molecular flexibility index (Phi) is 8.45. The van der Waals surface area contributed by atoms with E-state index in [9.17, 15) is 19.5 Å². The van der Waals surface area contributed by atoms with Gasteiger partial charge in [0.15, 0.2) is 0 Å². The van der Waals surface area contributed by atoms with Crippen LogP contribution in [0.15, 0.2) is 48.5 Å². The first-order valence-electron chi connectivity index (χ1n) is 10.8. The summed E-state index contributed by atoms with van der Waals surface area (Å²) >= 11 is 0. The SMILES string of the molecule is Cc1ccccc1NC(=O)C(c1ccccc1O)N(C(=O)CNC(=O)OC(C)(C)C)C(C)C. The molecule has 1 unspecified atom stereocenters. The van der Waals surface area contributed by atoms with Gasteiger partial charge in [-0.05, 0) is 59.2 Å². The first kappa shape index (κ1) is 25.7. The zero-order valence-electron chi connectivity index (χ0n) is 20.0. The average Bonchev–Trinajstić information content (AvgIpc) is 2.71. The second kappa shape index (κ2) is 10.8. The van der Waals surface area contributed by atoms with Crippen molar-refractivity contribution in [3.05, 3.63) is 59.7 Å². The van der Waals surface area contributed by atoms with Gasteiger partial charge in [0.25, 0.3) is 5.91 Å². The summed E-state index contributed by atoms with van der Waals surface area (Å²) < 4.78 is 5.19. The van der Waals surface area contributed by atoms with Gasteiger partial charge >= 0.3 is 6.09 Å². The second-order valence-corrected chi connectivity index (χ2v) is 9.02. The van der Waals surface area contributed by atoms with Gasteiger partial charge in [-0.2, -0.15) is 0 Å². The van der Waals surface area contributed by atoms with Crippen LogP contribution in [0.25, 0.3) is 0 Å². The van der Waals surface area contributed by atoms with E-state index in [0.717, 1.165) is 5.56 Å². The number of ether oxygens (including phenoxy) is 1. The highest BCUT2D eigenvalue weighted by Crippen LogP contribution is 2.31. The molecule has 1 atom stereocenters. The van der Waals surface area contributed by atoms with Crippen LogP contribution in [0.5, 0.6) is 5.75 Å².